The van der Waals surface area contributed by atoms with Gasteiger partial charge in [0, 0.05) is 25.7 Å². The molecule has 0 spiro atoms. The van der Waals surface area contributed by atoms with Crippen molar-refractivity contribution in [3.05, 3.63) is 109 Å². The van der Waals surface area contributed by atoms with E-state index >= 15 is 0 Å². The number of carbonyl (C=O) groups excluding carboxylic acids is 4. The molecule has 0 amide bonds. The molecule has 0 saturated heterocycles. The van der Waals surface area contributed by atoms with Crippen LogP contribution in [0.4, 0.5) is 0 Å². The fraction of sp³-hybridized carbons (Fsp3) is 0.728. The highest BCUT2D eigenvalue weighted by Gasteiger charge is 2.30. The van der Waals surface area contributed by atoms with Crippen LogP contribution in [0.2, 0.25) is 0 Å². The molecule has 0 fully saturated rings. The average Bonchev–Trinajstić information content (AvgIpc) is 0.932. The van der Waals surface area contributed by atoms with E-state index in [1.54, 1.807) is 0 Å². The van der Waals surface area contributed by atoms with Crippen LogP contribution in [0.15, 0.2) is 109 Å². The predicted molar refractivity (Wildman–Crippen MR) is 408 cm³/mol. The van der Waals surface area contributed by atoms with Gasteiger partial charge in [-0.2, -0.15) is 0 Å². The van der Waals surface area contributed by atoms with Gasteiger partial charge >= 0.3 is 39.5 Å². The monoisotopic (exact) mass is 1450 g/mol. The van der Waals surface area contributed by atoms with Crippen molar-refractivity contribution in [3.63, 3.8) is 0 Å². The Bertz CT molecular complexity index is 2320. The van der Waals surface area contributed by atoms with Crippen LogP contribution < -0.4 is 0 Å². The summed E-state index contributed by atoms with van der Waals surface area (Å²) in [4.78, 5) is 72.9. The molecule has 0 saturated carbocycles. The first-order valence-corrected chi connectivity index (χ1v) is 42.1. The van der Waals surface area contributed by atoms with E-state index in [0.717, 1.165) is 173 Å². The molecule has 5 unspecified atom stereocenters. The third-order valence-electron chi connectivity index (χ3n) is 16.2. The van der Waals surface area contributed by atoms with Gasteiger partial charge in [0.15, 0.2) is 12.2 Å². The first-order valence-electron chi connectivity index (χ1n) is 39.1. The zero-order valence-electron chi connectivity index (χ0n) is 62.8. The second kappa shape index (κ2) is 73.0. The smallest absolute Gasteiger partial charge is 0.462 e. The Balaban J connectivity index is 5.39. The summed E-state index contributed by atoms with van der Waals surface area (Å²) in [7, 11) is -9.97. The number of rotatable bonds is 73. The summed E-state index contributed by atoms with van der Waals surface area (Å²) in [6.45, 7) is 4.57. The van der Waals surface area contributed by atoms with Crippen LogP contribution >= 0.6 is 15.6 Å². The Morgan fingerprint density at radius 2 is 0.520 bits per heavy atom. The second-order valence-corrected chi connectivity index (χ2v) is 28.8. The van der Waals surface area contributed by atoms with Crippen LogP contribution in [0.1, 0.15) is 323 Å². The lowest BCUT2D eigenvalue weighted by Crippen LogP contribution is -2.30. The van der Waals surface area contributed by atoms with Crippen LogP contribution in [0.25, 0.3) is 0 Å². The summed E-state index contributed by atoms with van der Waals surface area (Å²) in [6, 6.07) is 0. The number of carbonyl (C=O) groups is 4. The van der Waals surface area contributed by atoms with Crippen molar-refractivity contribution < 1.29 is 80.2 Å². The molecular weight excluding hydrogens is 1310 g/mol. The molecule has 0 rings (SSSR count). The lowest BCUT2D eigenvalue weighted by molar-refractivity contribution is -0.161. The summed E-state index contributed by atoms with van der Waals surface area (Å²) in [6.07, 6.45) is 77.9. The van der Waals surface area contributed by atoms with Crippen molar-refractivity contribution in [1.82, 2.24) is 0 Å². The normalized spacial score (nSPS) is 14.5. The molecule has 0 aliphatic carbocycles. The Kier molecular flexibility index (Phi) is 69.9. The van der Waals surface area contributed by atoms with E-state index in [1.165, 1.54) is 64.2 Å². The zero-order chi connectivity index (χ0) is 73.2. The molecule has 19 heteroatoms. The summed E-state index contributed by atoms with van der Waals surface area (Å²) in [5.41, 5.74) is 0. The minimum atomic E-state index is -4.99. The van der Waals surface area contributed by atoms with Gasteiger partial charge in [0.1, 0.15) is 19.3 Å². The molecule has 0 bridgehead atoms. The van der Waals surface area contributed by atoms with Crippen molar-refractivity contribution in [3.8, 4) is 0 Å². The van der Waals surface area contributed by atoms with Gasteiger partial charge in [-0.3, -0.25) is 37.3 Å². The Morgan fingerprint density at radius 3 is 0.840 bits per heavy atom. The van der Waals surface area contributed by atoms with Crippen LogP contribution in [0.3, 0.4) is 0 Å². The van der Waals surface area contributed by atoms with Crippen molar-refractivity contribution >= 4 is 39.5 Å². The number of hydrogen-bond donors (Lipinski definition) is 3. The first-order chi connectivity index (χ1) is 48.7. The fourth-order valence-corrected chi connectivity index (χ4v) is 11.9. The number of hydrogen-bond acceptors (Lipinski definition) is 15. The van der Waals surface area contributed by atoms with Gasteiger partial charge in [-0.15, -0.1) is 0 Å². The van der Waals surface area contributed by atoms with Gasteiger partial charge in [0.05, 0.1) is 26.4 Å². The van der Waals surface area contributed by atoms with Gasteiger partial charge in [-0.25, -0.2) is 9.13 Å². The highest BCUT2D eigenvalue weighted by Crippen LogP contribution is 2.45. The summed E-state index contributed by atoms with van der Waals surface area (Å²) >= 11 is 0. The van der Waals surface area contributed by atoms with Gasteiger partial charge < -0.3 is 33.8 Å². The van der Waals surface area contributed by atoms with E-state index in [2.05, 4.69) is 137 Å². The van der Waals surface area contributed by atoms with E-state index < -0.39 is 97.5 Å². The van der Waals surface area contributed by atoms with Crippen LogP contribution in [0.5, 0.6) is 0 Å². The second-order valence-electron chi connectivity index (χ2n) is 25.9. The number of esters is 4. The molecule has 5 atom stereocenters. The SMILES string of the molecule is CC/C=C\C/C=C\C/C=C\C/C=C\CCCCC(=O)OC(COC(=O)CCCCCCCCC/C=C\C/C=C\C/C=C\CC)COP(=O)(O)OCC(O)COP(=O)(O)OCC(COC(=O)CCCCCCC/C=C\CCCCCCCC)OC(=O)CCCCCCC/C=C\CCCCCC. The summed E-state index contributed by atoms with van der Waals surface area (Å²) in [5.74, 6) is -2.24. The van der Waals surface area contributed by atoms with Gasteiger partial charge in [-0.1, -0.05) is 259 Å². The minimum Gasteiger partial charge on any atom is -0.462 e. The molecule has 0 aromatic rings. The maximum Gasteiger partial charge on any atom is 0.472 e. The van der Waals surface area contributed by atoms with Crippen LogP contribution in [-0.2, 0) is 65.4 Å². The third kappa shape index (κ3) is 72.1. The van der Waals surface area contributed by atoms with Crippen LogP contribution in [-0.4, -0.2) is 96.7 Å². The molecule has 100 heavy (non-hydrogen) atoms. The maximum atomic E-state index is 13.1. The van der Waals surface area contributed by atoms with Crippen molar-refractivity contribution in [2.24, 2.45) is 0 Å². The topological polar surface area (TPSA) is 237 Å². The molecular formula is C81H140O17P2. The van der Waals surface area contributed by atoms with Crippen molar-refractivity contribution in [2.75, 3.05) is 39.6 Å². The molecule has 0 aliphatic rings. The molecule has 0 aromatic carbocycles. The van der Waals surface area contributed by atoms with Gasteiger partial charge in [0.2, 0.25) is 0 Å². The lowest BCUT2D eigenvalue weighted by atomic mass is 10.1. The summed E-state index contributed by atoms with van der Waals surface area (Å²) in [5, 5.41) is 10.6. The number of phosphoric ester groups is 2. The number of allylic oxidation sites excluding steroid dienone is 18. The standard InChI is InChI=1S/C81H140O17P2/c1-5-9-13-17-21-25-29-33-36-37-40-43-46-50-54-58-62-66-79(84)92-72-77(98-81(86)68-64-60-56-52-48-44-39-35-31-27-23-19-15-11-7-3)74-96-100(89,90)94-70-75(82)69-93-99(87,88)95-73-76(97-80(85)67-63-59-55-51-47-41-32-28-24-20-16-12-8-4)71-91-78(83)65-61-57-53-49-45-42-38-34-30-26-22-18-14-10-6-2/h9,11,13,15,21,23,25,27-28,32-36,38-39,48,52,75-77,82H,5-8,10,12,14,16-20,22,24,26,29-31,37,40-47,49-51,53-74H2,1-4H3,(H,87,88)(H,89,90)/b13-9-,15-11-,25-21-,27-23-,32-28-,36-33-,38-34-,39-35-,52-48-. The molecule has 0 heterocycles. The fourth-order valence-electron chi connectivity index (χ4n) is 10.3. The molecule has 0 aliphatic heterocycles. The highest BCUT2D eigenvalue weighted by molar-refractivity contribution is 7.47. The molecule has 17 nitrogen and oxygen atoms in total. The van der Waals surface area contributed by atoms with Crippen LogP contribution in [0, 0.1) is 0 Å². The third-order valence-corrected chi connectivity index (χ3v) is 18.1. The Hall–Kier alpha value is -4.28. The number of phosphoric acid groups is 2. The van der Waals surface area contributed by atoms with E-state index in [4.69, 9.17) is 37.0 Å². The predicted octanol–water partition coefficient (Wildman–Crippen LogP) is 22.6. The number of aliphatic hydroxyl groups excluding tert-OH is 1. The number of unbranched alkanes of at least 4 members (excludes halogenated alkanes) is 29. The maximum absolute atomic E-state index is 13.1. The highest BCUT2D eigenvalue weighted by atomic mass is 31.2. The summed E-state index contributed by atoms with van der Waals surface area (Å²) < 4.78 is 68.5. The van der Waals surface area contributed by atoms with E-state index in [9.17, 15) is 43.2 Å². The lowest BCUT2D eigenvalue weighted by Gasteiger charge is -2.21. The van der Waals surface area contributed by atoms with E-state index in [0.29, 0.717) is 32.1 Å². The Morgan fingerprint density at radius 1 is 0.290 bits per heavy atom. The first kappa shape index (κ1) is 95.7. The van der Waals surface area contributed by atoms with E-state index in [1.807, 2.05) is 0 Å². The molecule has 3 N–H and O–H groups in total. The number of aliphatic hydroxyl groups is 1. The van der Waals surface area contributed by atoms with Crippen molar-refractivity contribution in [1.29, 1.82) is 0 Å². The zero-order valence-corrected chi connectivity index (χ0v) is 64.6. The average molecular weight is 1450 g/mol. The largest absolute Gasteiger partial charge is 0.472 e. The number of ether oxygens (including phenoxy) is 4. The minimum absolute atomic E-state index is 0.0389. The van der Waals surface area contributed by atoms with Gasteiger partial charge in [0.25, 0.3) is 0 Å². The van der Waals surface area contributed by atoms with Gasteiger partial charge in [-0.05, 0) is 148 Å². The molecule has 576 valence electrons. The molecule has 0 aromatic heterocycles. The Labute approximate surface area is 607 Å². The quantitative estimate of drug-likeness (QED) is 0.0169. The van der Waals surface area contributed by atoms with E-state index in [-0.39, 0.29) is 25.7 Å². The molecule has 0 radical (unpaired) electrons. The van der Waals surface area contributed by atoms with Crippen molar-refractivity contribution in [2.45, 2.75) is 341 Å².